The Morgan fingerprint density at radius 1 is 1.10 bits per heavy atom. The van der Waals surface area contributed by atoms with Crippen LogP contribution in [0.15, 0.2) is 24.3 Å². The summed E-state index contributed by atoms with van der Waals surface area (Å²) in [6, 6.07) is 8.84. The molecule has 0 bridgehead atoms. The molecule has 0 fully saturated rings. The van der Waals surface area contributed by atoms with Gasteiger partial charge in [-0.25, -0.2) is 0 Å². The minimum atomic E-state index is 1.00. The summed E-state index contributed by atoms with van der Waals surface area (Å²) < 4.78 is 1.00. The van der Waals surface area contributed by atoms with E-state index in [1.165, 1.54) is 35.4 Å². The van der Waals surface area contributed by atoms with Crippen LogP contribution in [-0.4, -0.2) is 22.5 Å². The Balaban J connectivity index is 2.42. The predicted octanol–water partition coefficient (Wildman–Crippen LogP) is 1.47. The summed E-state index contributed by atoms with van der Waals surface area (Å²) in [5.74, 6) is 0. The summed E-state index contributed by atoms with van der Waals surface area (Å²) in [4.78, 5) is 0. The summed E-state index contributed by atoms with van der Waals surface area (Å²) in [7, 11) is 0. The van der Waals surface area contributed by atoms with Crippen LogP contribution < -0.4 is 0 Å². The van der Waals surface area contributed by atoms with Gasteiger partial charge in [0.05, 0.1) is 0 Å². The van der Waals surface area contributed by atoms with Crippen molar-refractivity contribution >= 4 is 22.5 Å². The topological polar surface area (TPSA) is 0 Å². The first kappa shape index (κ1) is 6.71. The monoisotopic (exact) mass is 238 g/mol. The summed E-state index contributed by atoms with van der Waals surface area (Å²) in [6.45, 7) is 0. The quantitative estimate of drug-likeness (QED) is 0.599. The Morgan fingerprint density at radius 3 is 2.10 bits per heavy atom. The Bertz CT molecular complexity index is 217. The maximum atomic E-state index is 2.27. The van der Waals surface area contributed by atoms with Gasteiger partial charge in [-0.1, -0.05) is 0 Å². The van der Waals surface area contributed by atoms with E-state index in [1.807, 2.05) is 0 Å². The summed E-state index contributed by atoms with van der Waals surface area (Å²) in [5.41, 5.74) is 3.19. The van der Waals surface area contributed by atoms with Crippen molar-refractivity contribution in [3.05, 3.63) is 35.4 Å². The molecule has 0 N–H and O–H groups in total. The zero-order valence-corrected chi connectivity index (χ0v) is 9.17. The molecule has 0 saturated carbocycles. The van der Waals surface area contributed by atoms with E-state index in [0.29, 0.717) is 0 Å². The zero-order chi connectivity index (χ0) is 6.97. The van der Waals surface area contributed by atoms with Crippen LogP contribution in [0.5, 0.6) is 0 Å². The van der Waals surface area contributed by atoms with E-state index in [9.17, 15) is 0 Å². The maximum absolute atomic E-state index is 2.27. The zero-order valence-electron chi connectivity index (χ0n) is 5.88. The van der Waals surface area contributed by atoms with Crippen molar-refractivity contribution in [2.24, 2.45) is 0 Å². The molecule has 50 valence electrons. The van der Waals surface area contributed by atoms with E-state index in [2.05, 4.69) is 24.3 Å². The fourth-order valence-electron chi connectivity index (χ4n) is 1.59. The van der Waals surface area contributed by atoms with E-state index < -0.39 is 0 Å². The van der Waals surface area contributed by atoms with Gasteiger partial charge in [0.2, 0.25) is 0 Å². The molecule has 10 heavy (non-hydrogen) atoms. The van der Waals surface area contributed by atoms with Gasteiger partial charge < -0.3 is 0 Å². The second-order valence-electron chi connectivity index (χ2n) is 2.94. The molecule has 0 spiro atoms. The first-order chi connectivity index (χ1) is 4.86. The van der Waals surface area contributed by atoms with Gasteiger partial charge in [-0.3, -0.25) is 0 Å². The third-order valence-corrected chi connectivity index (χ3v) is 3.43. The van der Waals surface area contributed by atoms with Gasteiger partial charge in [0.25, 0.3) is 0 Å². The number of hydrogen-bond acceptors (Lipinski definition) is 0. The molecular formula is C9H10Sn. The predicted molar refractivity (Wildman–Crippen MR) is 44.7 cm³/mol. The number of benzene rings is 1. The molecule has 2 rings (SSSR count). The molecule has 1 aliphatic carbocycles. The number of fused-ring (bicyclic) bond motifs is 1. The van der Waals surface area contributed by atoms with E-state index in [1.54, 1.807) is 11.1 Å². The van der Waals surface area contributed by atoms with Gasteiger partial charge in [0, 0.05) is 0 Å². The van der Waals surface area contributed by atoms with Crippen LogP contribution in [0.25, 0.3) is 0 Å². The van der Waals surface area contributed by atoms with Gasteiger partial charge in [0.1, 0.15) is 0 Å². The summed E-state index contributed by atoms with van der Waals surface area (Å²) in [5, 5.41) is 0. The average molecular weight is 237 g/mol. The summed E-state index contributed by atoms with van der Waals surface area (Å²) >= 11 is 1.42. The van der Waals surface area contributed by atoms with Crippen LogP contribution in [0.3, 0.4) is 0 Å². The van der Waals surface area contributed by atoms with Gasteiger partial charge in [-0.2, -0.15) is 0 Å². The van der Waals surface area contributed by atoms with E-state index in [0.717, 1.165) is 3.93 Å². The number of hydrogen-bond donors (Lipinski definition) is 0. The minimum absolute atomic E-state index is 1.00. The van der Waals surface area contributed by atoms with Crippen LogP contribution in [0.4, 0.5) is 0 Å². The SMILES string of the molecule is [SnH][CH]1Cc2ccccc2C1. The molecule has 0 atom stereocenters. The fraction of sp³-hybridized carbons (Fsp3) is 0.333. The van der Waals surface area contributed by atoms with E-state index >= 15 is 0 Å². The average Bonchev–Trinajstić information content (AvgIpc) is 2.27. The van der Waals surface area contributed by atoms with Gasteiger partial charge >= 0.3 is 74.7 Å². The van der Waals surface area contributed by atoms with Crippen molar-refractivity contribution < 1.29 is 0 Å². The standard InChI is InChI=1S/C9H9.Sn.H/c1-2-5-9-7-3-6-8(9)4-1;;/h1-5H,6-7H2;;. The molecule has 1 aromatic rings. The molecule has 1 heteroatoms. The van der Waals surface area contributed by atoms with Crippen molar-refractivity contribution in [1.29, 1.82) is 0 Å². The van der Waals surface area contributed by atoms with Crippen molar-refractivity contribution in [2.45, 2.75) is 16.8 Å². The Morgan fingerprint density at radius 2 is 1.60 bits per heavy atom. The third-order valence-electron chi connectivity index (χ3n) is 2.08. The second-order valence-corrected chi connectivity index (χ2v) is 5.63. The van der Waals surface area contributed by atoms with Crippen LogP contribution in [0.1, 0.15) is 11.1 Å². The van der Waals surface area contributed by atoms with Gasteiger partial charge in [0.15, 0.2) is 0 Å². The second kappa shape index (κ2) is 2.57. The molecular weight excluding hydrogens is 227 g/mol. The molecule has 0 saturated heterocycles. The first-order valence-corrected chi connectivity index (χ1v) is 5.59. The molecule has 1 aliphatic rings. The van der Waals surface area contributed by atoms with Crippen molar-refractivity contribution in [1.82, 2.24) is 0 Å². The molecule has 0 heterocycles. The van der Waals surface area contributed by atoms with Crippen molar-refractivity contribution in [3.63, 3.8) is 0 Å². The molecule has 0 aromatic heterocycles. The summed E-state index contributed by atoms with van der Waals surface area (Å²) in [6.07, 6.45) is 2.69. The molecule has 0 unspecified atom stereocenters. The van der Waals surface area contributed by atoms with Crippen LogP contribution in [0.2, 0.25) is 3.93 Å². The molecule has 0 amide bonds. The molecule has 1 aromatic carbocycles. The Kier molecular flexibility index (Phi) is 1.73. The fourth-order valence-corrected chi connectivity index (χ4v) is 3.04. The first-order valence-electron chi connectivity index (χ1n) is 3.68. The molecule has 2 radical (unpaired) electrons. The van der Waals surface area contributed by atoms with Crippen molar-refractivity contribution in [2.75, 3.05) is 0 Å². The van der Waals surface area contributed by atoms with E-state index in [4.69, 9.17) is 0 Å². The number of rotatable bonds is 0. The van der Waals surface area contributed by atoms with Crippen LogP contribution >= 0.6 is 0 Å². The van der Waals surface area contributed by atoms with Gasteiger partial charge in [-0.15, -0.1) is 0 Å². The van der Waals surface area contributed by atoms with Gasteiger partial charge in [-0.05, 0) is 0 Å². The third kappa shape index (κ3) is 1.09. The molecule has 0 nitrogen and oxygen atoms in total. The Labute approximate surface area is 74.7 Å². The molecule has 0 aliphatic heterocycles. The normalized spacial score (nSPS) is 17.3. The van der Waals surface area contributed by atoms with Crippen LogP contribution in [-0.2, 0) is 12.8 Å². The van der Waals surface area contributed by atoms with Crippen molar-refractivity contribution in [3.8, 4) is 0 Å². The van der Waals surface area contributed by atoms with Crippen LogP contribution in [0, 0.1) is 0 Å². The Hall–Kier alpha value is 0.0187. The van der Waals surface area contributed by atoms with E-state index in [-0.39, 0.29) is 0 Å².